The first-order chi connectivity index (χ1) is 25.1. The lowest BCUT2D eigenvalue weighted by molar-refractivity contribution is -0.130. The molecule has 5 N–H and O–H groups in total. The fourth-order valence-electron chi connectivity index (χ4n) is 7.31. The van der Waals surface area contributed by atoms with Crippen LogP contribution < -0.4 is 21.7 Å². The number of anilines is 1. The maximum absolute atomic E-state index is 13.0. The van der Waals surface area contributed by atoms with Crippen LogP contribution in [0.25, 0.3) is 21.9 Å². The molecule has 2 heterocycles. The van der Waals surface area contributed by atoms with Crippen LogP contribution in [0.2, 0.25) is 0 Å². The molecule has 52 heavy (non-hydrogen) atoms. The summed E-state index contributed by atoms with van der Waals surface area (Å²) in [6, 6.07) is 7.88. The molecule has 1 atom stereocenters. The van der Waals surface area contributed by atoms with Crippen LogP contribution in [-0.4, -0.2) is 69.9 Å². The highest BCUT2D eigenvalue weighted by molar-refractivity contribution is 6.06. The number of pyridine rings is 1. The molecule has 1 aromatic carbocycles. The molecule has 12 nitrogen and oxygen atoms in total. The van der Waals surface area contributed by atoms with E-state index in [1.54, 1.807) is 14.0 Å². The van der Waals surface area contributed by atoms with Gasteiger partial charge in [-0.3, -0.25) is 24.0 Å². The molecule has 2 aromatic heterocycles. The Morgan fingerprint density at radius 2 is 1.63 bits per heavy atom. The molecule has 1 unspecified atom stereocenters. The normalized spacial score (nSPS) is 16.5. The van der Waals surface area contributed by atoms with Crippen molar-refractivity contribution in [2.24, 2.45) is 11.8 Å². The van der Waals surface area contributed by atoms with Gasteiger partial charge in [0.25, 0.3) is 0 Å². The first-order valence-electron chi connectivity index (χ1n) is 19.4. The van der Waals surface area contributed by atoms with Gasteiger partial charge < -0.3 is 26.3 Å². The predicted octanol–water partition coefficient (Wildman–Crippen LogP) is 5.37. The summed E-state index contributed by atoms with van der Waals surface area (Å²) in [5, 5.41) is 9.81. The average molecular weight is 718 g/mol. The largest absolute Gasteiger partial charge is 0.382 e. The van der Waals surface area contributed by atoms with Gasteiger partial charge in [0, 0.05) is 56.0 Å². The smallest absolute Gasteiger partial charge is 0.223 e. The number of hydrogen-bond donors (Lipinski definition) is 4. The van der Waals surface area contributed by atoms with E-state index in [0.717, 1.165) is 92.1 Å². The van der Waals surface area contributed by atoms with Gasteiger partial charge in [-0.05, 0) is 77.8 Å². The van der Waals surface area contributed by atoms with Gasteiger partial charge >= 0.3 is 0 Å². The average Bonchev–Trinajstić information content (AvgIpc) is 3.52. The van der Waals surface area contributed by atoms with Gasteiger partial charge in [0.15, 0.2) is 11.6 Å². The van der Waals surface area contributed by atoms with E-state index in [1.165, 1.54) is 0 Å². The Labute approximate surface area is 307 Å². The van der Waals surface area contributed by atoms with Crippen molar-refractivity contribution < 1.29 is 24.0 Å². The molecule has 0 aliphatic heterocycles. The molecule has 0 bridgehead atoms. The number of imidazole rings is 1. The minimum absolute atomic E-state index is 0.0235. The summed E-state index contributed by atoms with van der Waals surface area (Å²) in [5.74, 6) is 1.15. The van der Waals surface area contributed by atoms with Crippen molar-refractivity contribution >= 4 is 56.9 Å². The molecule has 0 radical (unpaired) electrons. The number of nitrogen functional groups attached to an aromatic ring is 1. The fraction of sp³-hybridized carbons (Fsp3) is 0.625. The van der Waals surface area contributed by atoms with Gasteiger partial charge in [0.1, 0.15) is 22.9 Å². The van der Waals surface area contributed by atoms with E-state index in [0.29, 0.717) is 44.5 Å². The van der Waals surface area contributed by atoms with Crippen molar-refractivity contribution in [1.82, 2.24) is 30.5 Å². The quantitative estimate of drug-likeness (QED) is 0.0939. The number of hydrogen-bond acceptors (Lipinski definition) is 9. The zero-order valence-corrected chi connectivity index (χ0v) is 31.4. The van der Waals surface area contributed by atoms with E-state index in [9.17, 15) is 24.0 Å². The number of aryl methyl sites for hydroxylation is 2. The Balaban J connectivity index is 1.11. The van der Waals surface area contributed by atoms with Crippen LogP contribution in [0.3, 0.4) is 0 Å². The van der Waals surface area contributed by atoms with E-state index >= 15 is 0 Å². The lowest BCUT2D eigenvalue weighted by Gasteiger charge is -2.27. The monoisotopic (exact) mass is 717 g/mol. The van der Waals surface area contributed by atoms with Gasteiger partial charge in [0.05, 0.1) is 23.6 Å². The molecule has 1 saturated carbocycles. The molecular formula is C40H59N7O5. The molecule has 284 valence electrons. The summed E-state index contributed by atoms with van der Waals surface area (Å²) in [6.45, 7) is 5.09. The summed E-state index contributed by atoms with van der Waals surface area (Å²) >= 11 is 0. The number of unbranched alkanes of at least 4 members (excludes halogenated alkanes) is 4. The number of Topliss-reactive ketones (excluding diaryl/α,β-unsaturated/α-hetero) is 3. The number of aromatic nitrogens is 3. The van der Waals surface area contributed by atoms with E-state index in [-0.39, 0.29) is 66.4 Å². The number of amides is 2. The number of nitrogens with two attached hydrogens (primary N) is 1. The van der Waals surface area contributed by atoms with Crippen LogP contribution in [0.5, 0.6) is 0 Å². The standard InChI is InChI=1S/C40H59N7O5/c1-4-5-17-35-46-37-38(31-14-9-10-16-33(31)45-39(37)41)47(35)25-12-11-24-43-40(52)29-20-18-28(19-21-29)34(50)22-23-36(51)44-26-30(49)13-7-6-8-15-32(42-3)27(2)48/h9-10,14,16,28-29,32,42H,4-8,11-13,15,17-26H2,1-3H3,(H2,41,45)(H,43,52)(H,44,51). The second-order valence-electron chi connectivity index (χ2n) is 14.4. The number of carbonyl (C=O) groups excluding carboxylic acids is 5. The molecule has 4 rings (SSSR count). The number of likely N-dealkylation sites (N-methyl/N-ethyl adjacent to an activating group) is 1. The summed E-state index contributed by atoms with van der Waals surface area (Å²) in [6.07, 6.45) is 11.1. The summed E-state index contributed by atoms with van der Waals surface area (Å²) in [7, 11) is 1.77. The molecular weight excluding hydrogens is 658 g/mol. The lowest BCUT2D eigenvalue weighted by Crippen LogP contribution is -2.35. The van der Waals surface area contributed by atoms with Crippen LogP contribution in [0, 0.1) is 11.8 Å². The highest BCUT2D eigenvalue weighted by Crippen LogP contribution is 2.31. The molecule has 0 spiro atoms. The minimum atomic E-state index is -0.291. The SMILES string of the molecule is CCCCc1nc2c(N)nc3ccccc3c2n1CCCCNC(=O)C1CCC(C(=O)CCC(=O)NCC(=O)CCCCCC(NC)C(C)=O)CC1. The van der Waals surface area contributed by atoms with E-state index in [1.807, 2.05) is 18.2 Å². The number of nitrogens with one attached hydrogen (secondary N) is 3. The highest BCUT2D eigenvalue weighted by Gasteiger charge is 2.30. The maximum atomic E-state index is 13.0. The molecule has 3 aromatic rings. The van der Waals surface area contributed by atoms with Crippen molar-refractivity contribution in [2.75, 3.05) is 25.9 Å². The molecule has 2 amide bonds. The van der Waals surface area contributed by atoms with E-state index in [2.05, 4.69) is 38.5 Å². The van der Waals surface area contributed by atoms with Crippen LogP contribution in [0.4, 0.5) is 5.82 Å². The maximum Gasteiger partial charge on any atom is 0.223 e. The Kier molecular flexibility index (Phi) is 16.2. The van der Waals surface area contributed by atoms with Gasteiger partial charge in [-0.1, -0.05) is 44.4 Å². The zero-order chi connectivity index (χ0) is 37.5. The van der Waals surface area contributed by atoms with E-state index < -0.39 is 0 Å². The van der Waals surface area contributed by atoms with Crippen LogP contribution >= 0.6 is 0 Å². The second-order valence-corrected chi connectivity index (χ2v) is 14.4. The Bertz CT molecular complexity index is 1680. The number of rotatable bonds is 23. The van der Waals surface area contributed by atoms with Crippen molar-refractivity contribution in [3.05, 3.63) is 30.1 Å². The van der Waals surface area contributed by atoms with Gasteiger partial charge in [-0.15, -0.1) is 0 Å². The number of fused-ring (bicyclic) bond motifs is 3. The zero-order valence-electron chi connectivity index (χ0n) is 31.4. The molecule has 1 aliphatic rings. The summed E-state index contributed by atoms with van der Waals surface area (Å²) in [4.78, 5) is 71.2. The Morgan fingerprint density at radius 1 is 0.885 bits per heavy atom. The number of ketones is 3. The van der Waals surface area contributed by atoms with Crippen molar-refractivity contribution in [2.45, 2.75) is 129 Å². The fourth-order valence-corrected chi connectivity index (χ4v) is 7.31. The Morgan fingerprint density at radius 3 is 2.37 bits per heavy atom. The van der Waals surface area contributed by atoms with Crippen LogP contribution in [-0.2, 0) is 36.9 Å². The molecule has 1 aliphatic carbocycles. The highest BCUT2D eigenvalue weighted by atomic mass is 16.2. The minimum Gasteiger partial charge on any atom is -0.382 e. The predicted molar refractivity (Wildman–Crippen MR) is 205 cm³/mol. The van der Waals surface area contributed by atoms with Crippen LogP contribution in [0.1, 0.15) is 116 Å². The van der Waals surface area contributed by atoms with Crippen molar-refractivity contribution in [3.63, 3.8) is 0 Å². The first kappa shape index (κ1) is 40.6. The third-order valence-corrected chi connectivity index (χ3v) is 10.5. The van der Waals surface area contributed by atoms with Gasteiger partial charge in [-0.2, -0.15) is 0 Å². The summed E-state index contributed by atoms with van der Waals surface area (Å²) in [5.41, 5.74) is 8.98. The van der Waals surface area contributed by atoms with Gasteiger partial charge in [-0.25, -0.2) is 9.97 Å². The second kappa shape index (κ2) is 20.7. The van der Waals surface area contributed by atoms with Crippen molar-refractivity contribution in [1.29, 1.82) is 0 Å². The number of nitrogens with zero attached hydrogens (tertiary/aromatic N) is 3. The van der Waals surface area contributed by atoms with Crippen molar-refractivity contribution in [3.8, 4) is 0 Å². The molecule has 0 saturated heterocycles. The van der Waals surface area contributed by atoms with Gasteiger partial charge in [0.2, 0.25) is 11.8 Å². The Hall–Kier alpha value is -4.19. The summed E-state index contributed by atoms with van der Waals surface area (Å²) < 4.78 is 2.29. The number of benzene rings is 1. The third kappa shape index (κ3) is 11.7. The number of para-hydroxylation sites is 1. The molecule has 1 fully saturated rings. The lowest BCUT2D eigenvalue weighted by atomic mass is 9.79. The topological polar surface area (TPSA) is 178 Å². The van der Waals surface area contributed by atoms with E-state index in [4.69, 9.17) is 10.7 Å². The third-order valence-electron chi connectivity index (χ3n) is 10.5. The van der Waals surface area contributed by atoms with Crippen LogP contribution in [0.15, 0.2) is 24.3 Å². The molecule has 12 heteroatoms. The number of carbonyl (C=O) groups is 5. The first-order valence-corrected chi connectivity index (χ1v) is 19.4.